The monoisotopic (exact) mass is 494 g/mol. The van der Waals surface area contributed by atoms with Crippen LogP contribution in [0.2, 0.25) is 0 Å². The number of carbonyl (C=O) groups is 1. The zero-order valence-corrected chi connectivity index (χ0v) is 21.1. The predicted molar refractivity (Wildman–Crippen MR) is 137 cm³/mol. The lowest BCUT2D eigenvalue weighted by Gasteiger charge is -2.34. The fourth-order valence-corrected chi connectivity index (χ4v) is 4.86. The van der Waals surface area contributed by atoms with Gasteiger partial charge in [0.15, 0.2) is 17.3 Å². The first-order valence-corrected chi connectivity index (χ1v) is 12.6. The molecule has 0 radical (unpaired) electrons. The molecule has 1 aliphatic carbocycles. The molecule has 0 aliphatic heterocycles. The van der Waals surface area contributed by atoms with Crippen LogP contribution >= 0.6 is 0 Å². The van der Waals surface area contributed by atoms with Crippen LogP contribution in [-0.4, -0.2) is 37.6 Å². The van der Waals surface area contributed by atoms with Crippen LogP contribution in [0.3, 0.4) is 0 Å². The maximum absolute atomic E-state index is 13.8. The maximum atomic E-state index is 13.8. The molecule has 2 aromatic carbocycles. The van der Waals surface area contributed by atoms with E-state index in [1.54, 1.807) is 32.4 Å². The molecule has 1 aliphatic rings. The van der Waals surface area contributed by atoms with E-state index in [0.717, 1.165) is 29.7 Å². The number of methoxy groups -OCH3 is 2. The lowest BCUT2D eigenvalue weighted by atomic mass is 9.93. The third kappa shape index (κ3) is 6.88. The summed E-state index contributed by atoms with van der Waals surface area (Å²) in [4.78, 5) is 15.0. The van der Waals surface area contributed by atoms with E-state index in [0.29, 0.717) is 49.4 Å². The van der Waals surface area contributed by atoms with Crippen LogP contribution in [0.25, 0.3) is 0 Å². The molecule has 0 saturated heterocycles. The average molecular weight is 495 g/mol. The Labute approximate surface area is 212 Å². The molecular formula is C29H35FN2O4. The van der Waals surface area contributed by atoms with Gasteiger partial charge in [-0.3, -0.25) is 9.69 Å². The second-order valence-corrected chi connectivity index (χ2v) is 9.29. The van der Waals surface area contributed by atoms with Gasteiger partial charge in [0, 0.05) is 19.1 Å². The molecule has 1 saturated carbocycles. The van der Waals surface area contributed by atoms with Gasteiger partial charge < -0.3 is 19.2 Å². The quantitative estimate of drug-likeness (QED) is 0.368. The van der Waals surface area contributed by atoms with E-state index >= 15 is 0 Å². The zero-order chi connectivity index (χ0) is 25.3. The Morgan fingerprint density at radius 2 is 1.78 bits per heavy atom. The number of amides is 1. The first kappa shape index (κ1) is 25.8. The van der Waals surface area contributed by atoms with E-state index in [9.17, 15) is 9.18 Å². The largest absolute Gasteiger partial charge is 0.493 e. The van der Waals surface area contributed by atoms with Gasteiger partial charge >= 0.3 is 0 Å². The molecule has 1 fully saturated rings. The van der Waals surface area contributed by atoms with Crippen molar-refractivity contribution >= 4 is 5.91 Å². The number of carbonyl (C=O) groups excluding carboxylic acids is 1. The fourth-order valence-electron chi connectivity index (χ4n) is 4.86. The van der Waals surface area contributed by atoms with Crippen LogP contribution in [0.5, 0.6) is 11.5 Å². The topological polar surface area (TPSA) is 63.9 Å². The molecule has 0 spiro atoms. The zero-order valence-electron chi connectivity index (χ0n) is 21.1. The number of hydrogen-bond acceptors (Lipinski definition) is 5. The van der Waals surface area contributed by atoms with Crippen LogP contribution in [0.1, 0.15) is 59.5 Å². The molecule has 3 aromatic rings. The van der Waals surface area contributed by atoms with Gasteiger partial charge in [-0.25, -0.2) is 4.39 Å². The number of benzene rings is 2. The Morgan fingerprint density at radius 3 is 2.53 bits per heavy atom. The number of halogens is 1. The SMILES string of the molecule is COc1ccc(CCNC(=O)c2ccc(CN(Cc3cccc(F)c3)C3CCCCC3)o2)cc1OC. The van der Waals surface area contributed by atoms with Crippen LogP contribution in [0.4, 0.5) is 4.39 Å². The number of rotatable bonds is 11. The third-order valence-electron chi connectivity index (χ3n) is 6.76. The average Bonchev–Trinajstić information content (AvgIpc) is 3.37. The molecule has 0 unspecified atom stereocenters. The van der Waals surface area contributed by atoms with Gasteiger partial charge in [-0.15, -0.1) is 0 Å². The second-order valence-electron chi connectivity index (χ2n) is 9.29. The van der Waals surface area contributed by atoms with E-state index in [-0.39, 0.29) is 11.7 Å². The highest BCUT2D eigenvalue weighted by Gasteiger charge is 2.23. The van der Waals surface area contributed by atoms with Gasteiger partial charge in [-0.1, -0.05) is 37.5 Å². The van der Waals surface area contributed by atoms with E-state index in [4.69, 9.17) is 13.9 Å². The molecule has 0 bridgehead atoms. The number of hydrogen-bond donors (Lipinski definition) is 1. The van der Waals surface area contributed by atoms with Crippen molar-refractivity contribution in [1.29, 1.82) is 0 Å². The Bertz CT molecular complexity index is 1140. The number of furan rings is 1. The molecule has 1 N–H and O–H groups in total. The van der Waals surface area contributed by atoms with Crippen LogP contribution in [0, 0.1) is 5.82 Å². The summed E-state index contributed by atoms with van der Waals surface area (Å²) < 4.78 is 30.3. The minimum atomic E-state index is -0.240. The highest BCUT2D eigenvalue weighted by molar-refractivity contribution is 5.91. The van der Waals surface area contributed by atoms with E-state index in [1.165, 1.54) is 25.3 Å². The number of ether oxygens (including phenoxy) is 2. The van der Waals surface area contributed by atoms with Gasteiger partial charge in [0.05, 0.1) is 20.8 Å². The van der Waals surface area contributed by atoms with Crippen LogP contribution in [0.15, 0.2) is 59.0 Å². The van der Waals surface area contributed by atoms with Crippen molar-refractivity contribution < 1.29 is 23.1 Å². The number of nitrogens with zero attached hydrogens (tertiary/aromatic N) is 1. The van der Waals surface area contributed by atoms with Crippen LogP contribution in [-0.2, 0) is 19.5 Å². The molecule has 36 heavy (non-hydrogen) atoms. The molecule has 7 heteroatoms. The van der Waals surface area contributed by atoms with Gasteiger partial charge in [0.2, 0.25) is 0 Å². The van der Waals surface area contributed by atoms with Gasteiger partial charge in [-0.2, -0.15) is 0 Å². The minimum absolute atomic E-state index is 0.221. The standard InChI is InChI=1S/C29H35FN2O4/c1-34-26-13-11-21(18-28(26)35-2)15-16-31-29(33)27-14-12-25(36-27)20-32(24-9-4-3-5-10-24)19-22-7-6-8-23(30)17-22/h6-8,11-14,17-18,24H,3-5,9-10,15-16,19-20H2,1-2H3,(H,31,33). The molecule has 6 nitrogen and oxygen atoms in total. The highest BCUT2D eigenvalue weighted by Crippen LogP contribution is 2.28. The van der Waals surface area contributed by atoms with Gasteiger partial charge in [-0.05, 0) is 66.8 Å². The summed E-state index contributed by atoms with van der Waals surface area (Å²) in [5.41, 5.74) is 1.98. The smallest absolute Gasteiger partial charge is 0.287 e. The lowest BCUT2D eigenvalue weighted by Crippen LogP contribution is -2.35. The van der Waals surface area contributed by atoms with Crippen molar-refractivity contribution in [2.75, 3.05) is 20.8 Å². The number of nitrogens with one attached hydrogen (secondary N) is 1. The van der Waals surface area contributed by atoms with Crippen LogP contribution < -0.4 is 14.8 Å². The third-order valence-corrected chi connectivity index (χ3v) is 6.76. The fraction of sp³-hybridized carbons (Fsp3) is 0.414. The summed E-state index contributed by atoms with van der Waals surface area (Å²) in [5.74, 6) is 1.91. The predicted octanol–water partition coefficient (Wildman–Crippen LogP) is 5.74. The summed E-state index contributed by atoms with van der Waals surface area (Å²) in [5, 5.41) is 2.93. The molecule has 1 heterocycles. The summed E-state index contributed by atoms with van der Waals surface area (Å²) in [6.07, 6.45) is 6.58. The molecule has 0 atom stereocenters. The van der Waals surface area contributed by atoms with Crippen molar-refractivity contribution in [3.8, 4) is 11.5 Å². The Balaban J connectivity index is 1.35. The molecular weight excluding hydrogens is 459 g/mol. The van der Waals surface area contributed by atoms with E-state index < -0.39 is 0 Å². The van der Waals surface area contributed by atoms with E-state index in [2.05, 4.69) is 10.2 Å². The van der Waals surface area contributed by atoms with Crippen molar-refractivity contribution in [3.05, 3.63) is 83.1 Å². The molecule has 1 aromatic heterocycles. The van der Waals surface area contributed by atoms with Crippen molar-refractivity contribution in [2.24, 2.45) is 0 Å². The summed E-state index contributed by atoms with van der Waals surface area (Å²) in [6, 6.07) is 16.5. The Morgan fingerprint density at radius 1 is 0.972 bits per heavy atom. The summed E-state index contributed by atoms with van der Waals surface area (Å²) >= 11 is 0. The van der Waals surface area contributed by atoms with E-state index in [1.807, 2.05) is 30.3 Å². The maximum Gasteiger partial charge on any atom is 0.287 e. The van der Waals surface area contributed by atoms with Crippen molar-refractivity contribution in [1.82, 2.24) is 10.2 Å². The Kier molecular flexibility index (Phi) is 9.01. The first-order chi connectivity index (χ1) is 17.6. The van der Waals surface area contributed by atoms with Crippen molar-refractivity contribution in [2.45, 2.75) is 57.7 Å². The summed E-state index contributed by atoms with van der Waals surface area (Å²) in [6.45, 7) is 1.70. The van der Waals surface area contributed by atoms with Crippen molar-refractivity contribution in [3.63, 3.8) is 0 Å². The molecule has 192 valence electrons. The molecule has 4 rings (SSSR count). The minimum Gasteiger partial charge on any atom is -0.493 e. The normalized spacial score (nSPS) is 14.1. The lowest BCUT2D eigenvalue weighted by molar-refractivity contribution is 0.0916. The second kappa shape index (κ2) is 12.6. The first-order valence-electron chi connectivity index (χ1n) is 12.6. The summed E-state index contributed by atoms with van der Waals surface area (Å²) in [7, 11) is 3.21. The molecule has 1 amide bonds. The Hall–Kier alpha value is -3.32. The van der Waals surface area contributed by atoms with Gasteiger partial charge in [0.1, 0.15) is 11.6 Å². The highest BCUT2D eigenvalue weighted by atomic mass is 19.1. The van der Waals surface area contributed by atoms with Gasteiger partial charge in [0.25, 0.3) is 5.91 Å².